The number of aromatic nitrogens is 1. The Bertz CT molecular complexity index is 893. The number of allylic oxidation sites excluding steroid dienone is 1. The molecule has 1 aromatic heterocycles. The van der Waals surface area contributed by atoms with Crippen molar-refractivity contribution in [3.8, 4) is 11.3 Å². The summed E-state index contributed by atoms with van der Waals surface area (Å²) in [6, 6.07) is 10.7. The summed E-state index contributed by atoms with van der Waals surface area (Å²) in [7, 11) is 0. The number of ketones is 1. The SMILES string of the molecule is CCOC(=O)c1cc(C(O)C2=CCCC(=O)C2)c(Cl)nc1-c1ccccc1. The number of hydrogen-bond acceptors (Lipinski definition) is 5. The second-order valence-electron chi connectivity index (χ2n) is 6.29. The highest BCUT2D eigenvalue weighted by molar-refractivity contribution is 6.30. The summed E-state index contributed by atoms with van der Waals surface area (Å²) in [5, 5.41) is 10.8. The van der Waals surface area contributed by atoms with Crippen LogP contribution in [0.15, 0.2) is 48.0 Å². The molecule has 140 valence electrons. The van der Waals surface area contributed by atoms with Crippen molar-refractivity contribution in [1.29, 1.82) is 0 Å². The summed E-state index contributed by atoms with van der Waals surface area (Å²) in [5.41, 5.74) is 2.21. The lowest BCUT2D eigenvalue weighted by molar-refractivity contribution is -0.118. The fraction of sp³-hybridized carbons (Fsp3) is 0.286. The quantitative estimate of drug-likeness (QED) is 0.472. The van der Waals surface area contributed by atoms with E-state index in [9.17, 15) is 14.7 Å². The van der Waals surface area contributed by atoms with Gasteiger partial charge in [0.05, 0.1) is 17.9 Å². The van der Waals surface area contributed by atoms with Gasteiger partial charge in [0, 0.05) is 24.0 Å². The molecule has 0 saturated carbocycles. The van der Waals surface area contributed by atoms with Gasteiger partial charge >= 0.3 is 5.97 Å². The van der Waals surface area contributed by atoms with Gasteiger partial charge in [-0.2, -0.15) is 0 Å². The number of halogens is 1. The Morgan fingerprint density at radius 2 is 2.07 bits per heavy atom. The highest BCUT2D eigenvalue weighted by Gasteiger charge is 2.26. The average Bonchev–Trinajstić information content (AvgIpc) is 2.68. The van der Waals surface area contributed by atoms with E-state index in [1.54, 1.807) is 6.92 Å². The molecule has 1 heterocycles. The van der Waals surface area contributed by atoms with E-state index in [4.69, 9.17) is 16.3 Å². The molecule has 6 heteroatoms. The van der Waals surface area contributed by atoms with Crippen LogP contribution in [0.1, 0.15) is 48.2 Å². The molecule has 0 saturated heterocycles. The lowest BCUT2D eigenvalue weighted by Crippen LogP contribution is -2.14. The molecule has 1 unspecified atom stereocenters. The minimum Gasteiger partial charge on any atom is -0.462 e. The van der Waals surface area contributed by atoms with Crippen molar-refractivity contribution in [2.75, 3.05) is 6.61 Å². The van der Waals surface area contributed by atoms with Gasteiger partial charge in [0.1, 0.15) is 17.0 Å². The van der Waals surface area contributed by atoms with Gasteiger partial charge < -0.3 is 9.84 Å². The zero-order chi connectivity index (χ0) is 19.4. The minimum absolute atomic E-state index is 0.0714. The Morgan fingerprint density at radius 3 is 2.74 bits per heavy atom. The van der Waals surface area contributed by atoms with Crippen LogP contribution >= 0.6 is 11.6 Å². The molecule has 2 aromatic rings. The Balaban J connectivity index is 2.08. The molecule has 1 aliphatic rings. The zero-order valence-electron chi connectivity index (χ0n) is 14.9. The topological polar surface area (TPSA) is 76.5 Å². The molecule has 5 nitrogen and oxygen atoms in total. The normalized spacial score (nSPS) is 15.2. The number of Topliss-reactive ketones (excluding diaryl/α,β-unsaturated/α-hetero) is 1. The summed E-state index contributed by atoms with van der Waals surface area (Å²) in [4.78, 5) is 28.6. The summed E-state index contributed by atoms with van der Waals surface area (Å²) >= 11 is 6.35. The van der Waals surface area contributed by atoms with E-state index in [0.29, 0.717) is 29.7 Å². The van der Waals surface area contributed by atoms with Gasteiger partial charge in [-0.05, 0) is 25.0 Å². The molecule has 0 fully saturated rings. The number of esters is 1. The van der Waals surface area contributed by atoms with E-state index < -0.39 is 12.1 Å². The van der Waals surface area contributed by atoms with Crippen LogP contribution in [0.3, 0.4) is 0 Å². The van der Waals surface area contributed by atoms with Crippen LogP contribution in [0.25, 0.3) is 11.3 Å². The first-order valence-corrected chi connectivity index (χ1v) is 9.20. The molecule has 1 N–H and O–H groups in total. The van der Waals surface area contributed by atoms with Gasteiger partial charge in [-0.15, -0.1) is 0 Å². The van der Waals surface area contributed by atoms with Crippen LogP contribution in [0.4, 0.5) is 0 Å². The van der Waals surface area contributed by atoms with E-state index in [1.807, 2.05) is 36.4 Å². The molecule has 1 aliphatic carbocycles. The Kier molecular flexibility index (Phi) is 6.04. The lowest BCUT2D eigenvalue weighted by Gasteiger charge is -2.20. The van der Waals surface area contributed by atoms with Gasteiger partial charge in [0.25, 0.3) is 0 Å². The number of pyridine rings is 1. The lowest BCUT2D eigenvalue weighted by atomic mass is 9.90. The monoisotopic (exact) mass is 385 g/mol. The van der Waals surface area contributed by atoms with E-state index >= 15 is 0 Å². The number of aliphatic hydroxyl groups is 1. The summed E-state index contributed by atoms with van der Waals surface area (Å²) in [5.74, 6) is -0.468. The standard InChI is InChI=1S/C21H20ClNO4/c1-2-27-21(26)16-12-17(19(25)14-9-6-10-15(24)11-14)20(22)23-18(16)13-7-4-3-5-8-13/h3-5,7-9,12,19,25H,2,6,10-11H2,1H3. The number of hydrogen-bond donors (Lipinski definition) is 1. The van der Waals surface area contributed by atoms with E-state index in [1.165, 1.54) is 6.07 Å². The molecule has 0 spiro atoms. The fourth-order valence-electron chi connectivity index (χ4n) is 3.09. The van der Waals surface area contributed by atoms with Crippen molar-refractivity contribution in [2.24, 2.45) is 0 Å². The first-order chi connectivity index (χ1) is 13.0. The summed E-state index contributed by atoms with van der Waals surface area (Å²) in [6.07, 6.45) is 1.99. The van der Waals surface area contributed by atoms with Crippen molar-refractivity contribution in [3.05, 3.63) is 64.3 Å². The number of aliphatic hydroxyl groups excluding tert-OH is 1. The average molecular weight is 386 g/mol. The van der Waals surface area contributed by atoms with Crippen molar-refractivity contribution >= 4 is 23.4 Å². The van der Waals surface area contributed by atoms with Crippen LogP contribution in [-0.4, -0.2) is 28.4 Å². The molecule has 0 radical (unpaired) electrons. The smallest absolute Gasteiger partial charge is 0.340 e. The molecule has 3 rings (SSSR count). The fourth-order valence-corrected chi connectivity index (χ4v) is 3.34. The Labute approximate surface area is 162 Å². The molecular weight excluding hydrogens is 366 g/mol. The molecule has 27 heavy (non-hydrogen) atoms. The summed E-state index contributed by atoms with van der Waals surface area (Å²) < 4.78 is 5.15. The third kappa shape index (κ3) is 4.26. The number of nitrogens with zero attached hydrogens (tertiary/aromatic N) is 1. The van der Waals surface area contributed by atoms with Crippen LogP contribution in [0.5, 0.6) is 0 Å². The second kappa shape index (κ2) is 8.46. The van der Waals surface area contributed by atoms with Gasteiger partial charge in [-0.1, -0.05) is 48.0 Å². The largest absolute Gasteiger partial charge is 0.462 e. The zero-order valence-corrected chi connectivity index (χ0v) is 15.7. The molecule has 0 aliphatic heterocycles. The molecular formula is C21H20ClNO4. The molecule has 1 aromatic carbocycles. The van der Waals surface area contributed by atoms with Crippen molar-refractivity contribution in [2.45, 2.75) is 32.3 Å². The van der Waals surface area contributed by atoms with Crippen molar-refractivity contribution in [3.63, 3.8) is 0 Å². The van der Waals surface area contributed by atoms with E-state index in [2.05, 4.69) is 4.98 Å². The Morgan fingerprint density at radius 1 is 1.33 bits per heavy atom. The van der Waals surface area contributed by atoms with Crippen molar-refractivity contribution < 1.29 is 19.4 Å². The molecule has 1 atom stereocenters. The van der Waals surface area contributed by atoms with Gasteiger partial charge in [-0.3, -0.25) is 4.79 Å². The van der Waals surface area contributed by atoms with E-state index in [0.717, 1.165) is 5.56 Å². The molecule has 0 bridgehead atoms. The molecule has 0 amide bonds. The van der Waals surface area contributed by atoms with Gasteiger partial charge in [-0.25, -0.2) is 9.78 Å². The maximum absolute atomic E-state index is 12.5. The summed E-state index contributed by atoms with van der Waals surface area (Å²) in [6.45, 7) is 1.94. The predicted octanol–water partition coefficient (Wildman–Crippen LogP) is 4.29. The number of carbonyl (C=O) groups excluding carboxylic acids is 2. The van der Waals surface area contributed by atoms with Crippen LogP contribution in [0, 0.1) is 0 Å². The second-order valence-corrected chi connectivity index (χ2v) is 6.64. The van der Waals surface area contributed by atoms with Crippen molar-refractivity contribution in [1.82, 2.24) is 4.98 Å². The number of carbonyl (C=O) groups is 2. The first-order valence-electron chi connectivity index (χ1n) is 8.83. The third-order valence-electron chi connectivity index (χ3n) is 4.42. The third-order valence-corrected chi connectivity index (χ3v) is 4.73. The Hall–Kier alpha value is -2.50. The predicted molar refractivity (Wildman–Crippen MR) is 103 cm³/mol. The highest BCUT2D eigenvalue weighted by Crippen LogP contribution is 2.35. The maximum Gasteiger partial charge on any atom is 0.340 e. The number of benzene rings is 1. The first kappa shape index (κ1) is 19.3. The maximum atomic E-state index is 12.5. The van der Waals surface area contributed by atoms with Crippen LogP contribution in [-0.2, 0) is 9.53 Å². The number of ether oxygens (including phenoxy) is 1. The highest BCUT2D eigenvalue weighted by atomic mass is 35.5. The van der Waals surface area contributed by atoms with Crippen LogP contribution in [0.2, 0.25) is 5.15 Å². The minimum atomic E-state index is -1.09. The number of rotatable bonds is 5. The van der Waals surface area contributed by atoms with Crippen LogP contribution < -0.4 is 0 Å². The van der Waals surface area contributed by atoms with E-state index in [-0.39, 0.29) is 29.5 Å². The van der Waals surface area contributed by atoms with Gasteiger partial charge in [0.2, 0.25) is 0 Å². The van der Waals surface area contributed by atoms with Gasteiger partial charge in [0.15, 0.2) is 0 Å².